The van der Waals surface area contributed by atoms with E-state index in [4.69, 9.17) is 10.5 Å². The van der Waals surface area contributed by atoms with E-state index < -0.39 is 18.1 Å². The van der Waals surface area contributed by atoms with Gasteiger partial charge in [-0.25, -0.2) is 4.79 Å². The minimum atomic E-state index is -0.932. The number of benzene rings is 1. The summed E-state index contributed by atoms with van der Waals surface area (Å²) in [5.41, 5.74) is 7.54. The molecule has 116 valence electrons. The number of anilines is 2. The molecule has 1 fully saturated rings. The van der Waals surface area contributed by atoms with Crippen molar-refractivity contribution in [2.24, 2.45) is 5.73 Å². The molecule has 2 N–H and O–H groups in total. The first-order valence-corrected chi connectivity index (χ1v) is 7.22. The largest absolute Gasteiger partial charge is 0.434 e. The van der Waals surface area contributed by atoms with Crippen LogP contribution in [-0.4, -0.2) is 37.1 Å². The predicted molar refractivity (Wildman–Crippen MR) is 79.6 cm³/mol. The van der Waals surface area contributed by atoms with Crippen molar-refractivity contribution in [3.05, 3.63) is 23.8 Å². The van der Waals surface area contributed by atoms with Crippen LogP contribution in [0.25, 0.3) is 0 Å². The highest BCUT2D eigenvalue weighted by atomic mass is 16.6. The normalized spacial score (nSPS) is 20.3. The predicted octanol–water partition coefficient (Wildman–Crippen LogP) is 0.796. The SMILES string of the molecule is CCCN1C(=O)Cc2cc(N3C[C@H](C(N)=O)OC3=O)ccc21. The average Bonchev–Trinajstić information content (AvgIpc) is 3.00. The fraction of sp³-hybridized carbons (Fsp3) is 0.400. The van der Waals surface area contributed by atoms with Crippen molar-refractivity contribution < 1.29 is 19.1 Å². The Bertz CT molecular complexity index is 658. The summed E-state index contributed by atoms with van der Waals surface area (Å²) < 4.78 is 4.93. The van der Waals surface area contributed by atoms with E-state index in [0.717, 1.165) is 17.7 Å². The molecule has 7 heteroatoms. The van der Waals surface area contributed by atoms with Gasteiger partial charge in [0.1, 0.15) is 0 Å². The van der Waals surface area contributed by atoms with Crippen molar-refractivity contribution >= 4 is 29.3 Å². The number of amides is 3. The number of hydrogen-bond acceptors (Lipinski definition) is 4. The number of cyclic esters (lactones) is 1. The molecule has 2 heterocycles. The third-order valence-corrected chi connectivity index (χ3v) is 3.88. The molecule has 1 saturated heterocycles. The average molecular weight is 303 g/mol. The maximum absolute atomic E-state index is 12.0. The molecule has 2 aliphatic rings. The van der Waals surface area contributed by atoms with Crippen molar-refractivity contribution in [3.8, 4) is 0 Å². The van der Waals surface area contributed by atoms with Gasteiger partial charge in [-0.3, -0.25) is 14.5 Å². The summed E-state index contributed by atoms with van der Waals surface area (Å²) in [5, 5.41) is 0. The number of carbonyl (C=O) groups excluding carboxylic acids is 3. The molecule has 7 nitrogen and oxygen atoms in total. The van der Waals surface area contributed by atoms with Crippen LogP contribution in [0.4, 0.5) is 16.2 Å². The van der Waals surface area contributed by atoms with Gasteiger partial charge in [0.15, 0.2) is 6.10 Å². The summed E-state index contributed by atoms with van der Waals surface area (Å²) in [7, 11) is 0. The summed E-state index contributed by atoms with van der Waals surface area (Å²) in [6.07, 6.45) is -0.325. The van der Waals surface area contributed by atoms with Crippen molar-refractivity contribution in [2.45, 2.75) is 25.9 Å². The fourth-order valence-electron chi connectivity index (χ4n) is 2.83. The van der Waals surface area contributed by atoms with Gasteiger partial charge in [0, 0.05) is 17.9 Å². The third kappa shape index (κ3) is 2.28. The number of primary amides is 1. The Morgan fingerprint density at radius 1 is 1.41 bits per heavy atom. The van der Waals surface area contributed by atoms with Crippen LogP contribution in [0.1, 0.15) is 18.9 Å². The maximum atomic E-state index is 12.0. The molecule has 0 radical (unpaired) electrons. The van der Waals surface area contributed by atoms with Gasteiger partial charge in [-0.2, -0.15) is 0 Å². The highest BCUT2D eigenvalue weighted by Gasteiger charge is 2.36. The number of rotatable bonds is 4. The third-order valence-electron chi connectivity index (χ3n) is 3.88. The summed E-state index contributed by atoms with van der Waals surface area (Å²) >= 11 is 0. The molecule has 22 heavy (non-hydrogen) atoms. The van der Waals surface area contributed by atoms with Gasteiger partial charge in [-0.05, 0) is 30.2 Å². The van der Waals surface area contributed by atoms with Crippen molar-refractivity contribution in [3.63, 3.8) is 0 Å². The van der Waals surface area contributed by atoms with Crippen LogP contribution < -0.4 is 15.5 Å². The van der Waals surface area contributed by atoms with Crippen molar-refractivity contribution in [2.75, 3.05) is 22.9 Å². The van der Waals surface area contributed by atoms with Gasteiger partial charge in [-0.1, -0.05) is 6.92 Å². The maximum Gasteiger partial charge on any atom is 0.415 e. The van der Waals surface area contributed by atoms with Gasteiger partial charge in [0.25, 0.3) is 5.91 Å². The summed E-state index contributed by atoms with van der Waals surface area (Å²) in [5.74, 6) is -0.602. The highest BCUT2D eigenvalue weighted by molar-refractivity contribution is 6.02. The lowest BCUT2D eigenvalue weighted by Gasteiger charge is -2.18. The zero-order chi connectivity index (χ0) is 15.9. The monoisotopic (exact) mass is 303 g/mol. The molecule has 0 aromatic heterocycles. The Labute approximate surface area is 127 Å². The summed E-state index contributed by atoms with van der Waals surface area (Å²) in [6.45, 7) is 2.80. The lowest BCUT2D eigenvalue weighted by Crippen LogP contribution is -2.32. The zero-order valence-electron chi connectivity index (χ0n) is 12.2. The van der Waals surface area contributed by atoms with Gasteiger partial charge in [-0.15, -0.1) is 0 Å². The summed E-state index contributed by atoms with van der Waals surface area (Å²) in [6, 6.07) is 5.38. The van der Waals surface area contributed by atoms with E-state index in [-0.39, 0.29) is 12.5 Å². The van der Waals surface area contributed by atoms with Crippen LogP contribution >= 0.6 is 0 Å². The van der Waals surface area contributed by atoms with E-state index in [1.54, 1.807) is 17.0 Å². The standard InChI is InChI=1S/C15H17N3O4/c1-2-5-17-11-4-3-10(6-9(11)7-13(17)19)18-8-12(14(16)20)22-15(18)21/h3-4,6,12H,2,5,7-8H2,1H3,(H2,16,20)/t12-/m1/s1. The van der Waals surface area contributed by atoms with Gasteiger partial charge >= 0.3 is 6.09 Å². The number of carbonyl (C=O) groups is 3. The molecule has 1 aromatic carbocycles. The molecular weight excluding hydrogens is 286 g/mol. The van der Waals surface area contributed by atoms with Crippen LogP contribution in [-0.2, 0) is 20.7 Å². The van der Waals surface area contributed by atoms with E-state index in [9.17, 15) is 14.4 Å². The first kappa shape index (κ1) is 14.4. The minimum absolute atomic E-state index is 0.0630. The smallest absolute Gasteiger partial charge is 0.415 e. The van der Waals surface area contributed by atoms with E-state index >= 15 is 0 Å². The molecule has 3 amide bonds. The van der Waals surface area contributed by atoms with Gasteiger partial charge in [0.05, 0.1) is 13.0 Å². The topological polar surface area (TPSA) is 92.9 Å². The van der Waals surface area contributed by atoms with E-state index in [1.165, 1.54) is 4.90 Å². The first-order valence-electron chi connectivity index (χ1n) is 7.22. The number of fused-ring (bicyclic) bond motifs is 1. The molecule has 0 saturated carbocycles. The molecule has 0 bridgehead atoms. The lowest BCUT2D eigenvalue weighted by molar-refractivity contribution is -0.124. The zero-order valence-corrected chi connectivity index (χ0v) is 12.2. The second kappa shape index (κ2) is 5.32. The molecule has 1 aromatic rings. The molecule has 3 rings (SSSR count). The minimum Gasteiger partial charge on any atom is -0.434 e. The first-order chi connectivity index (χ1) is 10.5. The highest BCUT2D eigenvalue weighted by Crippen LogP contribution is 2.33. The van der Waals surface area contributed by atoms with Crippen LogP contribution in [0.3, 0.4) is 0 Å². The number of hydrogen-bond donors (Lipinski definition) is 1. The van der Waals surface area contributed by atoms with E-state index in [0.29, 0.717) is 18.7 Å². The molecular formula is C15H17N3O4. The van der Waals surface area contributed by atoms with Crippen molar-refractivity contribution in [1.29, 1.82) is 0 Å². The lowest BCUT2D eigenvalue weighted by atomic mass is 10.1. The van der Waals surface area contributed by atoms with Crippen LogP contribution in [0.5, 0.6) is 0 Å². The van der Waals surface area contributed by atoms with E-state index in [2.05, 4.69) is 0 Å². The van der Waals surface area contributed by atoms with E-state index in [1.807, 2.05) is 13.0 Å². The Morgan fingerprint density at radius 2 is 2.18 bits per heavy atom. The second-order valence-corrected chi connectivity index (χ2v) is 5.42. The van der Waals surface area contributed by atoms with Gasteiger partial charge in [0.2, 0.25) is 5.91 Å². The Balaban J connectivity index is 1.87. The molecule has 1 atom stereocenters. The quantitative estimate of drug-likeness (QED) is 0.890. The number of nitrogens with zero attached hydrogens (tertiary/aromatic N) is 2. The Kier molecular flexibility index (Phi) is 3.48. The molecule has 2 aliphatic heterocycles. The molecule has 0 aliphatic carbocycles. The van der Waals surface area contributed by atoms with Crippen LogP contribution in [0.2, 0.25) is 0 Å². The number of nitrogens with two attached hydrogens (primary N) is 1. The fourth-order valence-corrected chi connectivity index (χ4v) is 2.83. The molecule has 0 spiro atoms. The van der Waals surface area contributed by atoms with Crippen LogP contribution in [0, 0.1) is 0 Å². The second-order valence-electron chi connectivity index (χ2n) is 5.42. The summed E-state index contributed by atoms with van der Waals surface area (Å²) in [4.78, 5) is 38.1. The number of ether oxygens (including phenoxy) is 1. The van der Waals surface area contributed by atoms with Crippen LogP contribution in [0.15, 0.2) is 18.2 Å². The van der Waals surface area contributed by atoms with Gasteiger partial charge < -0.3 is 15.4 Å². The Hall–Kier alpha value is -2.57. The Morgan fingerprint density at radius 3 is 2.82 bits per heavy atom. The molecule has 0 unspecified atom stereocenters. The van der Waals surface area contributed by atoms with Crippen molar-refractivity contribution in [1.82, 2.24) is 0 Å².